The number of rotatable bonds is 4. The maximum atomic E-state index is 13.3. The van der Waals surface area contributed by atoms with Crippen LogP contribution in [0, 0.1) is 11.7 Å². The SMILES string of the molecule is OC[C@H]1C[C@@H]2OCCN(Cc3nnc(-c4cccc(F)c4)o3)[C@H]2C1. The Kier molecular flexibility index (Phi) is 4.30. The molecule has 1 aromatic carbocycles. The van der Waals surface area contributed by atoms with Gasteiger partial charge in [-0.2, -0.15) is 0 Å². The van der Waals surface area contributed by atoms with Crippen molar-refractivity contribution in [1.82, 2.24) is 15.1 Å². The maximum Gasteiger partial charge on any atom is 0.247 e. The number of hydrogen-bond donors (Lipinski definition) is 1. The smallest absolute Gasteiger partial charge is 0.247 e. The van der Waals surface area contributed by atoms with Gasteiger partial charge in [-0.15, -0.1) is 10.2 Å². The third-order valence-corrected chi connectivity index (χ3v) is 4.88. The lowest BCUT2D eigenvalue weighted by Crippen LogP contribution is -2.47. The summed E-state index contributed by atoms with van der Waals surface area (Å²) in [5, 5.41) is 17.5. The van der Waals surface area contributed by atoms with Gasteiger partial charge in [-0.1, -0.05) is 6.07 Å². The average molecular weight is 333 g/mol. The van der Waals surface area contributed by atoms with E-state index in [1.54, 1.807) is 12.1 Å². The largest absolute Gasteiger partial charge is 0.419 e. The van der Waals surface area contributed by atoms with Crippen LogP contribution >= 0.6 is 0 Å². The summed E-state index contributed by atoms with van der Waals surface area (Å²) in [6, 6.07) is 6.40. The van der Waals surface area contributed by atoms with Gasteiger partial charge >= 0.3 is 0 Å². The summed E-state index contributed by atoms with van der Waals surface area (Å²) < 4.78 is 24.9. The highest BCUT2D eigenvalue weighted by Gasteiger charge is 2.41. The fourth-order valence-electron chi connectivity index (χ4n) is 3.70. The number of halogens is 1. The Labute approximate surface area is 139 Å². The van der Waals surface area contributed by atoms with Crippen LogP contribution in [0.4, 0.5) is 4.39 Å². The van der Waals surface area contributed by atoms with Crippen molar-refractivity contribution in [3.63, 3.8) is 0 Å². The number of fused-ring (bicyclic) bond motifs is 1. The summed E-state index contributed by atoms with van der Waals surface area (Å²) in [4.78, 5) is 2.28. The predicted octanol–water partition coefficient (Wildman–Crippen LogP) is 1.85. The highest BCUT2D eigenvalue weighted by atomic mass is 19.1. The Bertz CT molecular complexity index is 708. The number of ether oxygens (including phenoxy) is 1. The quantitative estimate of drug-likeness (QED) is 0.921. The van der Waals surface area contributed by atoms with E-state index in [4.69, 9.17) is 9.15 Å². The normalized spacial score (nSPS) is 27.3. The highest BCUT2D eigenvalue weighted by molar-refractivity contribution is 5.52. The van der Waals surface area contributed by atoms with E-state index >= 15 is 0 Å². The lowest BCUT2D eigenvalue weighted by Gasteiger charge is -2.36. The van der Waals surface area contributed by atoms with Crippen LogP contribution in [0.25, 0.3) is 11.5 Å². The third-order valence-electron chi connectivity index (χ3n) is 4.88. The first-order valence-electron chi connectivity index (χ1n) is 8.28. The molecule has 2 heterocycles. The van der Waals surface area contributed by atoms with Crippen LogP contribution in [0.2, 0.25) is 0 Å². The number of aliphatic hydroxyl groups is 1. The zero-order chi connectivity index (χ0) is 16.5. The molecule has 4 rings (SSSR count). The third kappa shape index (κ3) is 3.07. The summed E-state index contributed by atoms with van der Waals surface area (Å²) in [6.07, 6.45) is 1.99. The molecular formula is C17H20FN3O3. The highest BCUT2D eigenvalue weighted by Crippen LogP contribution is 2.34. The van der Waals surface area contributed by atoms with Crippen LogP contribution < -0.4 is 0 Å². The molecule has 6 nitrogen and oxygen atoms in total. The number of aliphatic hydroxyl groups excluding tert-OH is 1. The predicted molar refractivity (Wildman–Crippen MR) is 83.4 cm³/mol. The standard InChI is InChI=1S/C17H20FN3O3/c18-13-3-1-2-12(8-13)17-20-19-16(24-17)9-21-4-5-23-15-7-11(10-22)6-14(15)21/h1-3,8,11,14-15,22H,4-7,9-10H2/t11-,14+,15+/m1/s1. The molecular weight excluding hydrogens is 313 g/mol. The minimum absolute atomic E-state index is 0.168. The monoisotopic (exact) mass is 333 g/mol. The molecule has 1 N–H and O–H groups in total. The van der Waals surface area contributed by atoms with Crippen LogP contribution in [0.3, 0.4) is 0 Å². The van der Waals surface area contributed by atoms with E-state index in [9.17, 15) is 9.50 Å². The number of nitrogens with zero attached hydrogens (tertiary/aromatic N) is 3. The van der Waals surface area contributed by atoms with Gasteiger partial charge in [0.25, 0.3) is 0 Å². The Balaban J connectivity index is 1.47. The molecule has 2 fully saturated rings. The molecule has 3 atom stereocenters. The van der Waals surface area contributed by atoms with Crippen molar-refractivity contribution in [2.45, 2.75) is 31.5 Å². The summed E-state index contributed by atoms with van der Waals surface area (Å²) in [5.41, 5.74) is 0.579. The molecule has 0 amide bonds. The van der Waals surface area contributed by atoms with Crippen LogP contribution in [0.15, 0.2) is 28.7 Å². The van der Waals surface area contributed by atoms with Crippen molar-refractivity contribution in [1.29, 1.82) is 0 Å². The molecule has 128 valence electrons. The van der Waals surface area contributed by atoms with E-state index in [0.717, 1.165) is 19.4 Å². The van der Waals surface area contributed by atoms with Gasteiger partial charge in [0.1, 0.15) is 5.82 Å². The van der Waals surface area contributed by atoms with E-state index in [0.29, 0.717) is 36.4 Å². The van der Waals surface area contributed by atoms with Crippen molar-refractivity contribution in [3.05, 3.63) is 36.0 Å². The first-order valence-corrected chi connectivity index (χ1v) is 8.28. The Morgan fingerprint density at radius 3 is 3.04 bits per heavy atom. The van der Waals surface area contributed by atoms with E-state index in [1.807, 2.05) is 0 Å². The Morgan fingerprint density at radius 2 is 2.21 bits per heavy atom. The zero-order valence-electron chi connectivity index (χ0n) is 13.3. The second kappa shape index (κ2) is 6.58. The lowest BCUT2D eigenvalue weighted by molar-refractivity contribution is -0.0613. The summed E-state index contributed by atoms with van der Waals surface area (Å²) in [7, 11) is 0. The Morgan fingerprint density at radius 1 is 1.29 bits per heavy atom. The van der Waals surface area contributed by atoms with Gasteiger partial charge in [0.05, 0.1) is 19.3 Å². The zero-order valence-corrected chi connectivity index (χ0v) is 13.3. The minimum Gasteiger partial charge on any atom is -0.419 e. The molecule has 1 aromatic heterocycles. The van der Waals surface area contributed by atoms with E-state index in [2.05, 4.69) is 15.1 Å². The number of hydrogen-bond acceptors (Lipinski definition) is 6. The van der Waals surface area contributed by atoms with Gasteiger partial charge in [0.15, 0.2) is 0 Å². The Hall–Kier alpha value is -1.83. The molecule has 2 aromatic rings. The molecule has 1 aliphatic heterocycles. The molecule has 1 saturated heterocycles. The van der Waals surface area contributed by atoms with E-state index < -0.39 is 0 Å². The van der Waals surface area contributed by atoms with Crippen LogP contribution in [-0.4, -0.2) is 52.1 Å². The molecule has 0 spiro atoms. The molecule has 0 radical (unpaired) electrons. The van der Waals surface area contributed by atoms with Crippen molar-refractivity contribution in [2.75, 3.05) is 19.8 Å². The molecule has 1 saturated carbocycles. The summed E-state index contributed by atoms with van der Waals surface area (Å²) in [6.45, 7) is 2.22. The first kappa shape index (κ1) is 15.7. The number of aromatic nitrogens is 2. The van der Waals surface area contributed by atoms with Gasteiger partial charge in [-0.3, -0.25) is 4.90 Å². The molecule has 0 unspecified atom stereocenters. The van der Waals surface area contributed by atoms with E-state index in [-0.39, 0.29) is 24.6 Å². The minimum atomic E-state index is -0.329. The van der Waals surface area contributed by atoms with Gasteiger partial charge in [0, 0.05) is 24.8 Å². The lowest BCUT2D eigenvalue weighted by atomic mass is 10.1. The van der Waals surface area contributed by atoms with Gasteiger partial charge in [0.2, 0.25) is 11.8 Å². The van der Waals surface area contributed by atoms with Crippen molar-refractivity contribution in [2.24, 2.45) is 5.92 Å². The number of benzene rings is 1. The van der Waals surface area contributed by atoms with Crippen molar-refractivity contribution < 1.29 is 18.7 Å². The van der Waals surface area contributed by atoms with E-state index in [1.165, 1.54) is 12.1 Å². The molecule has 2 aliphatic rings. The fraction of sp³-hybridized carbons (Fsp3) is 0.529. The van der Waals surface area contributed by atoms with Crippen LogP contribution in [0.1, 0.15) is 18.7 Å². The molecule has 7 heteroatoms. The van der Waals surface area contributed by atoms with Gasteiger partial charge in [-0.25, -0.2) is 4.39 Å². The summed E-state index contributed by atoms with van der Waals surface area (Å²) >= 11 is 0. The summed E-state index contributed by atoms with van der Waals surface area (Å²) in [5.74, 6) is 0.812. The van der Waals surface area contributed by atoms with Gasteiger partial charge in [-0.05, 0) is 37.0 Å². The molecule has 24 heavy (non-hydrogen) atoms. The second-order valence-corrected chi connectivity index (χ2v) is 6.48. The topological polar surface area (TPSA) is 71.6 Å². The second-order valence-electron chi connectivity index (χ2n) is 6.48. The molecule has 1 aliphatic carbocycles. The fourth-order valence-corrected chi connectivity index (χ4v) is 3.70. The van der Waals surface area contributed by atoms with Crippen LogP contribution in [0.5, 0.6) is 0 Å². The average Bonchev–Trinajstić information content (AvgIpc) is 3.22. The first-order chi connectivity index (χ1) is 11.7. The number of morpholine rings is 1. The van der Waals surface area contributed by atoms with Gasteiger partial charge < -0.3 is 14.3 Å². The van der Waals surface area contributed by atoms with Crippen molar-refractivity contribution >= 4 is 0 Å². The maximum absolute atomic E-state index is 13.3. The molecule has 0 bridgehead atoms. The van der Waals surface area contributed by atoms with Crippen molar-refractivity contribution in [3.8, 4) is 11.5 Å². The van der Waals surface area contributed by atoms with Crippen LogP contribution in [-0.2, 0) is 11.3 Å².